The second-order valence-corrected chi connectivity index (χ2v) is 5.85. The van der Waals surface area contributed by atoms with Crippen molar-refractivity contribution in [3.05, 3.63) is 29.8 Å². The number of rotatable bonds is 6. The minimum absolute atomic E-state index is 0.0737. The molecule has 4 nitrogen and oxygen atoms in total. The summed E-state index contributed by atoms with van der Waals surface area (Å²) in [5.74, 6) is 0.812. The summed E-state index contributed by atoms with van der Waals surface area (Å²) >= 11 is 0. The molecule has 0 saturated carbocycles. The molecule has 0 radical (unpaired) electrons. The highest BCUT2D eigenvalue weighted by Crippen LogP contribution is 2.25. The van der Waals surface area contributed by atoms with Crippen LogP contribution in [0.15, 0.2) is 24.3 Å². The normalized spacial score (nSPS) is 18.3. The van der Waals surface area contributed by atoms with E-state index < -0.39 is 0 Å². The number of nitrogens with zero attached hydrogens (tertiary/aromatic N) is 1. The van der Waals surface area contributed by atoms with Crippen molar-refractivity contribution in [2.24, 2.45) is 0 Å². The molecule has 1 aromatic carbocycles. The molecule has 4 heteroatoms. The molecule has 1 fully saturated rings. The summed E-state index contributed by atoms with van der Waals surface area (Å²) in [6.45, 7) is 4.94. The maximum Gasteiger partial charge on any atom is 0.254 e. The van der Waals surface area contributed by atoms with Crippen molar-refractivity contribution in [3.8, 4) is 5.75 Å². The molecular weight excluding hydrogens is 266 g/mol. The Morgan fingerprint density at radius 3 is 3.00 bits per heavy atom. The van der Waals surface area contributed by atoms with Gasteiger partial charge in [0.1, 0.15) is 5.75 Å². The third kappa shape index (κ3) is 4.21. The van der Waals surface area contributed by atoms with Crippen LogP contribution in [0.5, 0.6) is 5.75 Å². The maximum atomic E-state index is 12.7. The number of amides is 1. The van der Waals surface area contributed by atoms with Crippen LogP contribution in [-0.4, -0.2) is 41.2 Å². The number of carbonyl (C=O) groups excluding carboxylic acids is 1. The van der Waals surface area contributed by atoms with E-state index in [1.165, 1.54) is 0 Å². The fourth-order valence-corrected chi connectivity index (χ4v) is 2.87. The SMILES string of the molecule is CC(C)Oc1cccc(C(=O)N2CCCC2CCCO)c1. The lowest BCUT2D eigenvalue weighted by molar-refractivity contribution is 0.0723. The van der Waals surface area contributed by atoms with Crippen LogP contribution in [0.3, 0.4) is 0 Å². The Labute approximate surface area is 126 Å². The van der Waals surface area contributed by atoms with Crippen LogP contribution in [0, 0.1) is 0 Å². The zero-order valence-corrected chi connectivity index (χ0v) is 12.9. The molecule has 116 valence electrons. The minimum atomic E-state index is 0.0737. The van der Waals surface area contributed by atoms with E-state index in [1.54, 1.807) is 0 Å². The molecular formula is C17H25NO3. The molecule has 1 atom stereocenters. The molecule has 2 rings (SSSR count). The molecule has 1 unspecified atom stereocenters. The van der Waals surface area contributed by atoms with Crippen LogP contribution < -0.4 is 4.74 Å². The van der Waals surface area contributed by atoms with Gasteiger partial charge in [0.05, 0.1) is 6.10 Å². The van der Waals surface area contributed by atoms with Crippen molar-refractivity contribution in [1.82, 2.24) is 4.90 Å². The van der Waals surface area contributed by atoms with Crippen molar-refractivity contribution in [2.45, 2.75) is 51.7 Å². The Morgan fingerprint density at radius 2 is 2.29 bits per heavy atom. The highest BCUT2D eigenvalue weighted by atomic mass is 16.5. The summed E-state index contributed by atoms with van der Waals surface area (Å²) in [6, 6.07) is 7.67. The van der Waals surface area contributed by atoms with E-state index >= 15 is 0 Å². The van der Waals surface area contributed by atoms with Crippen LogP contribution in [0.1, 0.15) is 49.9 Å². The standard InChI is InChI=1S/C17H25NO3/c1-13(2)21-16-9-3-6-14(12-16)17(20)18-10-4-7-15(18)8-5-11-19/h3,6,9,12-13,15,19H,4-5,7-8,10-11H2,1-2H3. The van der Waals surface area contributed by atoms with E-state index in [4.69, 9.17) is 9.84 Å². The van der Waals surface area contributed by atoms with Crippen molar-refractivity contribution in [2.75, 3.05) is 13.2 Å². The highest BCUT2D eigenvalue weighted by molar-refractivity contribution is 5.95. The van der Waals surface area contributed by atoms with Crippen LogP contribution >= 0.6 is 0 Å². The summed E-state index contributed by atoms with van der Waals surface area (Å²) in [4.78, 5) is 14.6. The molecule has 0 bridgehead atoms. The van der Waals surface area contributed by atoms with Crippen LogP contribution in [0.2, 0.25) is 0 Å². The first kappa shape index (κ1) is 15.8. The van der Waals surface area contributed by atoms with Crippen LogP contribution in [0.25, 0.3) is 0 Å². The van der Waals surface area contributed by atoms with Crippen LogP contribution in [-0.2, 0) is 0 Å². The fourth-order valence-electron chi connectivity index (χ4n) is 2.87. The summed E-state index contributed by atoms with van der Waals surface area (Å²) in [5, 5.41) is 8.97. The van der Waals surface area contributed by atoms with Crippen molar-refractivity contribution in [1.29, 1.82) is 0 Å². The number of hydrogen-bond acceptors (Lipinski definition) is 3. The number of carbonyl (C=O) groups is 1. The average molecular weight is 291 g/mol. The van der Waals surface area contributed by atoms with Gasteiger partial charge in [-0.05, 0) is 57.7 Å². The van der Waals surface area contributed by atoms with Gasteiger partial charge in [0.25, 0.3) is 5.91 Å². The second-order valence-electron chi connectivity index (χ2n) is 5.85. The molecule has 0 spiro atoms. The van der Waals surface area contributed by atoms with E-state index in [2.05, 4.69) is 0 Å². The molecule has 1 amide bonds. The molecule has 0 aliphatic carbocycles. The van der Waals surface area contributed by atoms with Crippen LogP contribution in [0.4, 0.5) is 0 Å². The van der Waals surface area contributed by atoms with Gasteiger partial charge in [-0.25, -0.2) is 0 Å². The third-order valence-electron chi connectivity index (χ3n) is 3.79. The first-order valence-corrected chi connectivity index (χ1v) is 7.80. The molecule has 1 saturated heterocycles. The van der Waals surface area contributed by atoms with Gasteiger partial charge in [-0.3, -0.25) is 4.79 Å². The number of benzene rings is 1. The van der Waals surface area contributed by atoms with E-state index in [9.17, 15) is 4.79 Å². The number of likely N-dealkylation sites (tertiary alicyclic amines) is 1. The quantitative estimate of drug-likeness (QED) is 0.877. The molecule has 1 aromatic rings. The molecule has 1 aliphatic rings. The minimum Gasteiger partial charge on any atom is -0.491 e. The van der Waals surface area contributed by atoms with Gasteiger partial charge in [-0.15, -0.1) is 0 Å². The lowest BCUT2D eigenvalue weighted by Crippen LogP contribution is -2.35. The average Bonchev–Trinajstić information content (AvgIpc) is 2.92. The highest BCUT2D eigenvalue weighted by Gasteiger charge is 2.28. The first-order chi connectivity index (χ1) is 10.1. The third-order valence-corrected chi connectivity index (χ3v) is 3.79. The number of hydrogen-bond donors (Lipinski definition) is 1. The molecule has 1 heterocycles. The summed E-state index contributed by atoms with van der Waals surface area (Å²) in [5.41, 5.74) is 0.684. The lowest BCUT2D eigenvalue weighted by Gasteiger charge is -2.25. The van der Waals surface area contributed by atoms with Gasteiger partial charge >= 0.3 is 0 Å². The van der Waals surface area contributed by atoms with Crippen molar-refractivity contribution < 1.29 is 14.6 Å². The Morgan fingerprint density at radius 1 is 1.48 bits per heavy atom. The van der Waals surface area contributed by atoms with Crippen molar-refractivity contribution >= 4 is 5.91 Å². The monoisotopic (exact) mass is 291 g/mol. The van der Waals surface area contributed by atoms with Gasteiger partial charge in [0.15, 0.2) is 0 Å². The molecule has 21 heavy (non-hydrogen) atoms. The fraction of sp³-hybridized carbons (Fsp3) is 0.588. The largest absolute Gasteiger partial charge is 0.491 e. The molecule has 1 N–H and O–H groups in total. The zero-order chi connectivity index (χ0) is 15.2. The van der Waals surface area contributed by atoms with E-state index in [0.717, 1.165) is 38.0 Å². The number of ether oxygens (including phenoxy) is 1. The predicted octanol–water partition coefficient (Wildman–Crippen LogP) is 2.85. The van der Waals surface area contributed by atoms with Gasteiger partial charge in [0, 0.05) is 24.8 Å². The topological polar surface area (TPSA) is 49.8 Å². The predicted molar refractivity (Wildman–Crippen MR) is 82.6 cm³/mol. The maximum absolute atomic E-state index is 12.7. The molecule has 1 aliphatic heterocycles. The second kappa shape index (κ2) is 7.46. The van der Waals surface area contributed by atoms with E-state index in [0.29, 0.717) is 5.56 Å². The first-order valence-electron chi connectivity index (χ1n) is 7.80. The van der Waals surface area contributed by atoms with E-state index in [-0.39, 0.29) is 24.7 Å². The number of aliphatic hydroxyl groups excluding tert-OH is 1. The Balaban J connectivity index is 2.08. The molecule has 0 aromatic heterocycles. The Hall–Kier alpha value is -1.55. The van der Waals surface area contributed by atoms with Crippen molar-refractivity contribution in [3.63, 3.8) is 0 Å². The number of aliphatic hydroxyl groups is 1. The summed E-state index contributed by atoms with van der Waals surface area (Å²) in [7, 11) is 0. The van der Waals surface area contributed by atoms with Gasteiger partial charge < -0.3 is 14.7 Å². The van der Waals surface area contributed by atoms with E-state index in [1.807, 2.05) is 43.0 Å². The summed E-state index contributed by atoms with van der Waals surface area (Å²) < 4.78 is 5.66. The smallest absolute Gasteiger partial charge is 0.254 e. The van der Waals surface area contributed by atoms with Gasteiger partial charge in [0.2, 0.25) is 0 Å². The summed E-state index contributed by atoms with van der Waals surface area (Å²) in [6.07, 6.45) is 3.81. The lowest BCUT2D eigenvalue weighted by atomic mass is 10.1. The Kier molecular flexibility index (Phi) is 5.62. The van der Waals surface area contributed by atoms with Gasteiger partial charge in [-0.1, -0.05) is 6.07 Å². The van der Waals surface area contributed by atoms with Gasteiger partial charge in [-0.2, -0.15) is 0 Å². The Bertz CT molecular complexity index is 473. The zero-order valence-electron chi connectivity index (χ0n) is 12.9.